The number of benzene rings is 1. The van der Waals surface area contributed by atoms with Gasteiger partial charge in [-0.3, -0.25) is 0 Å². The molecule has 3 rings (SSSR count). The quantitative estimate of drug-likeness (QED) is 0.843. The standard InChI is InChI=1S/C14H17N3/c15-13(11-5-6-11)9-17-14-12-4-2-1-3-10(12)7-8-16-14/h1-4,7-8,11,13H,5-6,9,15H2,(H,16,17). The molecule has 0 aliphatic heterocycles. The van der Waals surface area contributed by atoms with Crippen molar-refractivity contribution in [1.29, 1.82) is 0 Å². The van der Waals surface area contributed by atoms with Crippen LogP contribution >= 0.6 is 0 Å². The van der Waals surface area contributed by atoms with Gasteiger partial charge in [0.05, 0.1) is 0 Å². The second-order valence-electron chi connectivity index (χ2n) is 4.76. The first kappa shape index (κ1) is 10.5. The monoisotopic (exact) mass is 227 g/mol. The molecular weight excluding hydrogens is 210 g/mol. The fourth-order valence-corrected chi connectivity index (χ4v) is 2.17. The van der Waals surface area contributed by atoms with E-state index in [9.17, 15) is 0 Å². The highest BCUT2D eigenvalue weighted by Gasteiger charge is 2.28. The van der Waals surface area contributed by atoms with E-state index in [0.29, 0.717) is 0 Å². The molecule has 1 atom stereocenters. The minimum absolute atomic E-state index is 0.260. The highest BCUT2D eigenvalue weighted by molar-refractivity contribution is 5.91. The third-order valence-electron chi connectivity index (χ3n) is 3.41. The van der Waals surface area contributed by atoms with E-state index in [4.69, 9.17) is 5.73 Å². The highest BCUT2D eigenvalue weighted by Crippen LogP contribution is 2.31. The van der Waals surface area contributed by atoms with Crippen LogP contribution in [-0.4, -0.2) is 17.6 Å². The molecule has 0 spiro atoms. The van der Waals surface area contributed by atoms with Crippen LogP contribution in [0.4, 0.5) is 5.82 Å². The van der Waals surface area contributed by atoms with Crippen LogP contribution in [0.5, 0.6) is 0 Å². The number of fused-ring (bicyclic) bond motifs is 1. The zero-order valence-corrected chi connectivity index (χ0v) is 9.76. The summed E-state index contributed by atoms with van der Waals surface area (Å²) in [6.07, 6.45) is 4.41. The van der Waals surface area contributed by atoms with Crippen molar-refractivity contribution in [2.75, 3.05) is 11.9 Å². The van der Waals surface area contributed by atoms with Crippen LogP contribution in [0.15, 0.2) is 36.5 Å². The Bertz CT molecular complexity index is 514. The summed E-state index contributed by atoms with van der Waals surface area (Å²) in [5.41, 5.74) is 6.08. The Morgan fingerprint density at radius 3 is 2.94 bits per heavy atom. The lowest BCUT2D eigenvalue weighted by atomic mass is 10.1. The first-order valence-electron chi connectivity index (χ1n) is 6.18. The number of hydrogen-bond donors (Lipinski definition) is 2. The lowest BCUT2D eigenvalue weighted by molar-refractivity contribution is 0.620. The smallest absolute Gasteiger partial charge is 0.133 e. The van der Waals surface area contributed by atoms with Crippen molar-refractivity contribution in [3.63, 3.8) is 0 Å². The van der Waals surface area contributed by atoms with Gasteiger partial charge in [-0.15, -0.1) is 0 Å². The van der Waals surface area contributed by atoms with Crippen LogP contribution in [0.25, 0.3) is 10.8 Å². The Balaban J connectivity index is 1.79. The zero-order chi connectivity index (χ0) is 11.7. The van der Waals surface area contributed by atoms with Crippen molar-refractivity contribution in [2.24, 2.45) is 11.7 Å². The third-order valence-corrected chi connectivity index (χ3v) is 3.41. The van der Waals surface area contributed by atoms with Crippen LogP contribution in [-0.2, 0) is 0 Å². The minimum Gasteiger partial charge on any atom is -0.368 e. The molecule has 1 unspecified atom stereocenters. The topological polar surface area (TPSA) is 50.9 Å². The molecule has 1 saturated carbocycles. The molecule has 3 N–H and O–H groups in total. The second kappa shape index (κ2) is 4.34. The fourth-order valence-electron chi connectivity index (χ4n) is 2.17. The predicted molar refractivity (Wildman–Crippen MR) is 70.9 cm³/mol. The van der Waals surface area contributed by atoms with Crippen LogP contribution in [0.1, 0.15) is 12.8 Å². The number of hydrogen-bond acceptors (Lipinski definition) is 3. The van der Waals surface area contributed by atoms with Crippen LogP contribution in [0, 0.1) is 5.92 Å². The van der Waals surface area contributed by atoms with Gasteiger partial charge in [-0.2, -0.15) is 0 Å². The molecule has 0 radical (unpaired) electrons. The molecule has 17 heavy (non-hydrogen) atoms. The molecule has 1 heterocycles. The van der Waals surface area contributed by atoms with Crippen molar-refractivity contribution in [3.8, 4) is 0 Å². The third kappa shape index (κ3) is 2.24. The molecule has 1 aromatic heterocycles. The van der Waals surface area contributed by atoms with Crippen molar-refractivity contribution >= 4 is 16.6 Å². The van der Waals surface area contributed by atoms with Gasteiger partial charge in [0.1, 0.15) is 5.82 Å². The van der Waals surface area contributed by atoms with E-state index >= 15 is 0 Å². The van der Waals surface area contributed by atoms with E-state index in [1.54, 1.807) is 0 Å². The summed E-state index contributed by atoms with van der Waals surface area (Å²) in [5.74, 6) is 1.66. The number of aromatic nitrogens is 1. The second-order valence-corrected chi connectivity index (χ2v) is 4.76. The molecular formula is C14H17N3. The molecule has 2 aromatic rings. The summed E-state index contributed by atoms with van der Waals surface area (Å²) in [5, 5.41) is 5.75. The minimum atomic E-state index is 0.260. The van der Waals surface area contributed by atoms with E-state index in [0.717, 1.165) is 23.7 Å². The SMILES string of the molecule is NC(CNc1nccc2ccccc12)C1CC1. The van der Waals surface area contributed by atoms with Gasteiger partial charge in [0.15, 0.2) is 0 Å². The Hall–Kier alpha value is -1.61. The van der Waals surface area contributed by atoms with Gasteiger partial charge in [0, 0.05) is 24.2 Å². The maximum Gasteiger partial charge on any atom is 0.133 e. The van der Waals surface area contributed by atoms with Gasteiger partial charge in [0.2, 0.25) is 0 Å². The fraction of sp³-hybridized carbons (Fsp3) is 0.357. The number of pyridine rings is 1. The molecule has 0 saturated heterocycles. The predicted octanol–water partition coefficient (Wildman–Crippen LogP) is 2.38. The summed E-state index contributed by atoms with van der Waals surface area (Å²) in [6.45, 7) is 0.811. The summed E-state index contributed by atoms with van der Waals surface area (Å²) < 4.78 is 0. The van der Waals surface area contributed by atoms with Gasteiger partial charge in [0.25, 0.3) is 0 Å². The van der Waals surface area contributed by atoms with Gasteiger partial charge in [-0.25, -0.2) is 4.98 Å². The van der Waals surface area contributed by atoms with Gasteiger partial charge < -0.3 is 11.1 Å². The number of nitrogens with one attached hydrogen (secondary N) is 1. The summed E-state index contributed by atoms with van der Waals surface area (Å²) in [7, 11) is 0. The summed E-state index contributed by atoms with van der Waals surface area (Å²) >= 11 is 0. The molecule has 0 amide bonds. The van der Waals surface area contributed by atoms with E-state index in [1.807, 2.05) is 24.4 Å². The number of nitrogens with two attached hydrogens (primary N) is 1. The van der Waals surface area contributed by atoms with Gasteiger partial charge in [-0.1, -0.05) is 24.3 Å². The molecule has 1 aliphatic carbocycles. The molecule has 3 nitrogen and oxygen atoms in total. The normalized spacial score (nSPS) is 17.0. The highest BCUT2D eigenvalue weighted by atomic mass is 15.0. The van der Waals surface area contributed by atoms with E-state index in [1.165, 1.54) is 18.2 Å². The Morgan fingerprint density at radius 2 is 2.12 bits per heavy atom. The summed E-state index contributed by atoms with van der Waals surface area (Å²) in [6, 6.07) is 10.6. The maximum absolute atomic E-state index is 6.08. The summed E-state index contributed by atoms with van der Waals surface area (Å²) in [4.78, 5) is 4.39. The Morgan fingerprint density at radius 1 is 1.29 bits per heavy atom. The van der Waals surface area contributed by atoms with Crippen molar-refractivity contribution < 1.29 is 0 Å². The Kier molecular flexibility index (Phi) is 2.69. The molecule has 3 heteroatoms. The average Bonchev–Trinajstić information content (AvgIpc) is 3.20. The van der Waals surface area contributed by atoms with E-state index < -0.39 is 0 Å². The van der Waals surface area contributed by atoms with Crippen LogP contribution in [0.3, 0.4) is 0 Å². The molecule has 88 valence electrons. The first-order valence-corrected chi connectivity index (χ1v) is 6.18. The number of rotatable bonds is 4. The van der Waals surface area contributed by atoms with Crippen molar-refractivity contribution in [2.45, 2.75) is 18.9 Å². The zero-order valence-electron chi connectivity index (χ0n) is 9.76. The molecule has 1 aliphatic rings. The maximum atomic E-state index is 6.08. The van der Waals surface area contributed by atoms with Crippen molar-refractivity contribution in [1.82, 2.24) is 4.98 Å². The molecule has 0 bridgehead atoms. The Labute approximate surface area is 101 Å². The largest absolute Gasteiger partial charge is 0.368 e. The number of anilines is 1. The lowest BCUT2D eigenvalue weighted by Gasteiger charge is -2.13. The lowest BCUT2D eigenvalue weighted by Crippen LogP contribution is -2.31. The number of nitrogens with zero attached hydrogens (tertiary/aromatic N) is 1. The molecule has 1 aromatic carbocycles. The van der Waals surface area contributed by atoms with Gasteiger partial charge in [-0.05, 0) is 30.2 Å². The van der Waals surface area contributed by atoms with Crippen LogP contribution in [0.2, 0.25) is 0 Å². The van der Waals surface area contributed by atoms with E-state index in [2.05, 4.69) is 22.4 Å². The van der Waals surface area contributed by atoms with Crippen molar-refractivity contribution in [3.05, 3.63) is 36.5 Å². The van der Waals surface area contributed by atoms with E-state index in [-0.39, 0.29) is 6.04 Å². The van der Waals surface area contributed by atoms with Crippen LogP contribution < -0.4 is 11.1 Å². The average molecular weight is 227 g/mol. The van der Waals surface area contributed by atoms with Gasteiger partial charge >= 0.3 is 0 Å². The molecule has 1 fully saturated rings. The first-order chi connectivity index (χ1) is 8.34.